The maximum Gasteiger partial charge on any atom is 0.338 e. The van der Waals surface area contributed by atoms with Crippen LogP contribution in [0.4, 0.5) is 5.69 Å². The molecule has 0 bridgehead atoms. The van der Waals surface area contributed by atoms with Gasteiger partial charge in [0.25, 0.3) is 0 Å². The molecule has 1 amide bonds. The summed E-state index contributed by atoms with van der Waals surface area (Å²) < 4.78 is 15.1. The van der Waals surface area contributed by atoms with Gasteiger partial charge < -0.3 is 19.5 Å². The summed E-state index contributed by atoms with van der Waals surface area (Å²) in [6.45, 7) is 4.72. The number of carbonyl (C=O) groups is 3. The summed E-state index contributed by atoms with van der Waals surface area (Å²) in [5, 5.41) is 2.72. The minimum atomic E-state index is -0.566. The molecule has 0 aromatic heterocycles. The topological polar surface area (TPSA) is 90.9 Å². The average Bonchev–Trinajstić information content (AvgIpc) is 3.09. The Morgan fingerprint density at radius 2 is 1.67 bits per heavy atom. The Morgan fingerprint density at radius 1 is 1.08 bits per heavy atom. The van der Waals surface area contributed by atoms with Crippen LogP contribution in [0.3, 0.4) is 0 Å². The number of hydrogen-bond donors (Lipinski definition) is 1. The van der Waals surface area contributed by atoms with Crippen molar-refractivity contribution in [1.29, 1.82) is 0 Å². The molecule has 1 aromatic rings. The maximum absolute atomic E-state index is 12.2. The highest BCUT2D eigenvalue weighted by atomic mass is 16.5. The highest BCUT2D eigenvalue weighted by molar-refractivity contribution is 6.00. The van der Waals surface area contributed by atoms with Crippen molar-refractivity contribution in [1.82, 2.24) is 0 Å². The number of esters is 2. The quantitative estimate of drug-likeness (QED) is 0.800. The van der Waals surface area contributed by atoms with E-state index in [-0.39, 0.29) is 36.2 Å². The van der Waals surface area contributed by atoms with E-state index in [2.05, 4.69) is 5.32 Å². The van der Waals surface area contributed by atoms with Crippen LogP contribution in [0.5, 0.6) is 0 Å². The lowest BCUT2D eigenvalue weighted by Gasteiger charge is -2.12. The van der Waals surface area contributed by atoms with Crippen LogP contribution in [0.25, 0.3) is 0 Å². The SMILES string of the molecule is CCOC(=O)c1cc(NC(=O)C2CCOC2)cc(C(=O)OCC)c1. The zero-order valence-electron chi connectivity index (χ0n) is 13.8. The van der Waals surface area contributed by atoms with Gasteiger partial charge in [-0.15, -0.1) is 0 Å². The van der Waals surface area contributed by atoms with E-state index in [1.807, 2.05) is 0 Å². The van der Waals surface area contributed by atoms with Crippen molar-refractivity contribution in [2.45, 2.75) is 20.3 Å². The van der Waals surface area contributed by atoms with E-state index in [0.29, 0.717) is 25.3 Å². The Hall–Kier alpha value is -2.41. The number of benzene rings is 1. The van der Waals surface area contributed by atoms with E-state index < -0.39 is 11.9 Å². The third kappa shape index (κ3) is 4.55. The molecule has 0 spiro atoms. The molecule has 2 rings (SSSR count). The van der Waals surface area contributed by atoms with Crippen LogP contribution < -0.4 is 5.32 Å². The number of amides is 1. The first kappa shape index (κ1) is 17.9. The van der Waals surface area contributed by atoms with Gasteiger partial charge in [0, 0.05) is 12.3 Å². The van der Waals surface area contributed by atoms with Gasteiger partial charge in [-0.2, -0.15) is 0 Å². The molecule has 1 aliphatic rings. The summed E-state index contributed by atoms with van der Waals surface area (Å²) >= 11 is 0. The largest absolute Gasteiger partial charge is 0.462 e. The van der Waals surface area contributed by atoms with Crippen LogP contribution in [-0.4, -0.2) is 44.3 Å². The molecule has 24 heavy (non-hydrogen) atoms. The minimum absolute atomic E-state index is 0.181. The van der Waals surface area contributed by atoms with Crippen molar-refractivity contribution < 1.29 is 28.6 Å². The monoisotopic (exact) mass is 335 g/mol. The first-order valence-corrected chi connectivity index (χ1v) is 7.93. The molecular weight excluding hydrogens is 314 g/mol. The summed E-state index contributed by atoms with van der Waals surface area (Å²) in [4.78, 5) is 36.1. The minimum Gasteiger partial charge on any atom is -0.462 e. The lowest BCUT2D eigenvalue weighted by atomic mass is 10.1. The van der Waals surface area contributed by atoms with Crippen molar-refractivity contribution in [2.24, 2.45) is 5.92 Å². The molecule has 1 atom stereocenters. The highest BCUT2D eigenvalue weighted by Gasteiger charge is 2.24. The van der Waals surface area contributed by atoms with Gasteiger partial charge in [0.1, 0.15) is 0 Å². The van der Waals surface area contributed by atoms with E-state index in [0.717, 1.165) is 0 Å². The molecule has 0 radical (unpaired) electrons. The predicted molar refractivity (Wildman–Crippen MR) is 85.9 cm³/mol. The van der Waals surface area contributed by atoms with Crippen molar-refractivity contribution in [3.8, 4) is 0 Å². The van der Waals surface area contributed by atoms with Gasteiger partial charge in [0.05, 0.1) is 36.9 Å². The van der Waals surface area contributed by atoms with Crippen LogP contribution in [-0.2, 0) is 19.0 Å². The van der Waals surface area contributed by atoms with E-state index in [1.54, 1.807) is 13.8 Å². The summed E-state index contributed by atoms with van der Waals surface area (Å²) in [5.74, 6) is -1.57. The molecule has 1 aliphatic heterocycles. The molecule has 1 aromatic carbocycles. The van der Waals surface area contributed by atoms with Gasteiger partial charge >= 0.3 is 11.9 Å². The van der Waals surface area contributed by atoms with Crippen LogP contribution in [0.2, 0.25) is 0 Å². The normalized spacial score (nSPS) is 16.5. The Labute approximate surface area is 140 Å². The molecule has 1 fully saturated rings. The number of nitrogens with one attached hydrogen (secondary N) is 1. The number of carbonyl (C=O) groups excluding carboxylic acids is 3. The first-order chi connectivity index (χ1) is 11.5. The third-order valence-electron chi connectivity index (χ3n) is 3.52. The Kier molecular flexibility index (Phi) is 6.31. The van der Waals surface area contributed by atoms with Gasteiger partial charge in [-0.25, -0.2) is 9.59 Å². The zero-order chi connectivity index (χ0) is 17.5. The average molecular weight is 335 g/mol. The molecule has 0 aliphatic carbocycles. The van der Waals surface area contributed by atoms with E-state index >= 15 is 0 Å². The third-order valence-corrected chi connectivity index (χ3v) is 3.52. The molecule has 130 valence electrons. The molecular formula is C17H21NO6. The Bertz CT molecular complexity index is 585. The Balaban J connectivity index is 2.25. The maximum atomic E-state index is 12.2. The zero-order valence-corrected chi connectivity index (χ0v) is 13.8. The smallest absolute Gasteiger partial charge is 0.338 e. The summed E-state index contributed by atoms with van der Waals surface area (Å²) in [7, 11) is 0. The predicted octanol–water partition coefficient (Wildman–Crippen LogP) is 2.01. The fourth-order valence-electron chi connectivity index (χ4n) is 2.35. The standard InChI is InChI=1S/C17H21NO6/c1-3-23-16(20)12-7-13(17(21)24-4-2)9-14(8-12)18-15(19)11-5-6-22-10-11/h7-9,11H,3-6,10H2,1-2H3,(H,18,19). The highest BCUT2D eigenvalue weighted by Crippen LogP contribution is 2.20. The number of anilines is 1. The van der Waals surface area contributed by atoms with Gasteiger partial charge in [0.15, 0.2) is 0 Å². The number of hydrogen-bond acceptors (Lipinski definition) is 6. The van der Waals surface area contributed by atoms with Crippen LogP contribution in [0.1, 0.15) is 41.0 Å². The van der Waals surface area contributed by atoms with Crippen LogP contribution in [0.15, 0.2) is 18.2 Å². The fraction of sp³-hybridized carbons (Fsp3) is 0.471. The lowest BCUT2D eigenvalue weighted by Crippen LogP contribution is -2.23. The molecule has 0 saturated carbocycles. The van der Waals surface area contributed by atoms with Crippen LogP contribution >= 0.6 is 0 Å². The van der Waals surface area contributed by atoms with Crippen molar-refractivity contribution in [3.63, 3.8) is 0 Å². The van der Waals surface area contributed by atoms with E-state index in [4.69, 9.17) is 14.2 Å². The van der Waals surface area contributed by atoms with Crippen LogP contribution in [0, 0.1) is 5.92 Å². The van der Waals surface area contributed by atoms with E-state index in [9.17, 15) is 14.4 Å². The Morgan fingerprint density at radius 3 is 2.12 bits per heavy atom. The fourth-order valence-corrected chi connectivity index (χ4v) is 2.35. The van der Waals surface area contributed by atoms with Gasteiger partial charge in [-0.1, -0.05) is 0 Å². The molecule has 1 N–H and O–H groups in total. The summed E-state index contributed by atoms with van der Waals surface area (Å²) in [6.07, 6.45) is 0.647. The molecule has 1 saturated heterocycles. The molecule has 7 heteroatoms. The van der Waals surface area contributed by atoms with Gasteiger partial charge in [-0.05, 0) is 38.5 Å². The molecule has 1 heterocycles. The van der Waals surface area contributed by atoms with Crippen molar-refractivity contribution in [2.75, 3.05) is 31.7 Å². The second-order valence-electron chi connectivity index (χ2n) is 5.29. The second kappa shape index (κ2) is 8.44. The first-order valence-electron chi connectivity index (χ1n) is 7.93. The van der Waals surface area contributed by atoms with Gasteiger partial charge in [0.2, 0.25) is 5.91 Å². The van der Waals surface area contributed by atoms with E-state index in [1.165, 1.54) is 18.2 Å². The number of rotatable bonds is 6. The molecule has 7 nitrogen and oxygen atoms in total. The van der Waals surface area contributed by atoms with Crippen molar-refractivity contribution in [3.05, 3.63) is 29.3 Å². The lowest BCUT2D eigenvalue weighted by molar-refractivity contribution is -0.119. The summed E-state index contributed by atoms with van der Waals surface area (Å²) in [6, 6.07) is 4.35. The number of ether oxygens (including phenoxy) is 3. The summed E-state index contributed by atoms with van der Waals surface area (Å²) in [5.41, 5.74) is 0.709. The van der Waals surface area contributed by atoms with Gasteiger partial charge in [-0.3, -0.25) is 4.79 Å². The molecule has 1 unspecified atom stereocenters. The second-order valence-corrected chi connectivity index (χ2v) is 5.29. The van der Waals surface area contributed by atoms with Crippen molar-refractivity contribution >= 4 is 23.5 Å².